The molecular weight excluding hydrogens is 406 g/mol. The van der Waals surface area contributed by atoms with Crippen molar-refractivity contribution in [3.63, 3.8) is 0 Å². The summed E-state index contributed by atoms with van der Waals surface area (Å²) in [6, 6.07) is 7.73. The Morgan fingerprint density at radius 1 is 1.07 bits per heavy atom. The lowest BCUT2D eigenvalue weighted by Gasteiger charge is -2.29. The molecule has 0 spiro atoms. The summed E-state index contributed by atoms with van der Waals surface area (Å²) >= 11 is 10.2. The maximum atomic E-state index is 12.9. The maximum absolute atomic E-state index is 12.9. The van der Waals surface area contributed by atoms with Crippen LogP contribution in [0.4, 0.5) is 5.69 Å². The number of carbonyl (C=O) groups excluding carboxylic acids is 2. The third kappa shape index (κ3) is 8.74. The van der Waals surface area contributed by atoms with Crippen LogP contribution in [0.3, 0.4) is 0 Å². The summed E-state index contributed by atoms with van der Waals surface area (Å²) in [5.41, 5.74) is 0.486. The van der Waals surface area contributed by atoms with Crippen LogP contribution in [-0.4, -0.2) is 28.1 Å². The predicted molar refractivity (Wildman–Crippen MR) is 124 cm³/mol. The Hall–Kier alpha value is -1.60. The summed E-state index contributed by atoms with van der Waals surface area (Å²) in [5, 5.41) is 0. The Balaban J connectivity index is 3.18. The van der Waals surface area contributed by atoms with Crippen LogP contribution in [0.2, 0.25) is 0 Å². The van der Waals surface area contributed by atoms with Gasteiger partial charge in [-0.05, 0) is 59.6 Å². The summed E-state index contributed by atoms with van der Waals surface area (Å²) in [7, 11) is 0. The number of para-hydroxylation sites is 1. The molecule has 1 aromatic carbocycles. The highest BCUT2D eigenvalue weighted by atomic mass is 32.1. The van der Waals surface area contributed by atoms with Crippen molar-refractivity contribution in [3.05, 3.63) is 29.8 Å². The predicted octanol–water partition coefficient (Wildman–Crippen LogP) is 5.31. The van der Waals surface area contributed by atoms with Crippen molar-refractivity contribution in [3.8, 4) is 0 Å². The first-order valence-electron chi connectivity index (χ1n) is 9.80. The molecule has 0 radical (unpaired) electrons. The Kier molecular flexibility index (Phi) is 9.15. The molecule has 0 aromatic heterocycles. The van der Waals surface area contributed by atoms with Gasteiger partial charge in [0.25, 0.3) is 0 Å². The molecule has 0 aliphatic carbocycles. The third-order valence-electron chi connectivity index (χ3n) is 3.73. The van der Waals surface area contributed by atoms with Crippen molar-refractivity contribution in [1.29, 1.82) is 0 Å². The van der Waals surface area contributed by atoms with E-state index in [0.29, 0.717) is 0 Å². The molecule has 7 heteroatoms. The highest BCUT2D eigenvalue weighted by Crippen LogP contribution is 2.28. The van der Waals surface area contributed by atoms with Crippen LogP contribution in [0.15, 0.2) is 24.3 Å². The average molecular weight is 440 g/mol. The number of hydrogen-bond donors (Lipinski definition) is 1. The molecule has 0 aliphatic heterocycles. The first-order valence-corrected chi connectivity index (χ1v) is 10.6. The molecule has 1 rings (SSSR count). The van der Waals surface area contributed by atoms with Gasteiger partial charge >= 0.3 is 11.9 Å². The van der Waals surface area contributed by atoms with E-state index >= 15 is 0 Å². The highest BCUT2D eigenvalue weighted by Gasteiger charge is 2.35. The fraction of sp³-hybridized carbons (Fsp3) is 0.591. The van der Waals surface area contributed by atoms with Crippen molar-refractivity contribution >= 4 is 47.6 Å². The maximum Gasteiger partial charge on any atom is 0.317 e. The van der Waals surface area contributed by atoms with Crippen LogP contribution in [0.25, 0.3) is 0 Å². The summed E-state index contributed by atoms with van der Waals surface area (Å²) in [6.07, 6.45) is 1.59. The van der Waals surface area contributed by atoms with Crippen molar-refractivity contribution in [2.75, 3.05) is 4.31 Å². The number of thiol groups is 1. The number of hydrogen-bond acceptors (Lipinski definition) is 6. The number of benzene rings is 1. The second-order valence-corrected chi connectivity index (χ2v) is 9.72. The van der Waals surface area contributed by atoms with E-state index in [-0.39, 0.29) is 11.4 Å². The zero-order valence-corrected chi connectivity index (χ0v) is 20.2. The summed E-state index contributed by atoms with van der Waals surface area (Å²) < 4.78 is 12.4. The normalized spacial score (nSPS) is 12.8. The van der Waals surface area contributed by atoms with Gasteiger partial charge in [0.15, 0.2) is 0 Å². The summed E-state index contributed by atoms with van der Waals surface area (Å²) in [4.78, 5) is 25.5. The van der Waals surface area contributed by atoms with Gasteiger partial charge in [-0.25, -0.2) is 0 Å². The number of aryl methyl sites for hydroxylation is 1. The van der Waals surface area contributed by atoms with Crippen molar-refractivity contribution in [2.24, 2.45) is 5.92 Å². The molecule has 1 atom stereocenters. The van der Waals surface area contributed by atoms with Gasteiger partial charge < -0.3 is 9.47 Å². The van der Waals surface area contributed by atoms with Gasteiger partial charge in [0.2, 0.25) is 0 Å². The fourth-order valence-electron chi connectivity index (χ4n) is 2.66. The number of esters is 2. The first-order chi connectivity index (χ1) is 13.2. The van der Waals surface area contributed by atoms with Gasteiger partial charge in [-0.1, -0.05) is 56.6 Å². The standard InChI is InChI=1S/C22H33NO4S2/c1-8-11-15-12-9-10-13-17(15)23(29)19(28)16(20(25)27-22(5,6)7)14-18(24)26-21(2,3)4/h9-10,12-13,16,29H,8,11,14H2,1-7H3. The van der Waals surface area contributed by atoms with Gasteiger partial charge in [0.05, 0.1) is 12.1 Å². The van der Waals surface area contributed by atoms with E-state index in [1.165, 1.54) is 4.31 Å². The zero-order chi connectivity index (χ0) is 22.4. The van der Waals surface area contributed by atoms with Gasteiger partial charge in [-0.3, -0.25) is 13.9 Å². The number of anilines is 1. The SMILES string of the molecule is CCCc1ccccc1N(S)C(=S)C(CC(=O)OC(C)(C)C)C(=O)OC(C)(C)C. The molecule has 0 N–H and O–H groups in total. The number of carbonyl (C=O) groups is 2. The van der Waals surface area contributed by atoms with Crippen molar-refractivity contribution in [2.45, 2.75) is 78.9 Å². The van der Waals surface area contributed by atoms with Crippen LogP contribution in [0, 0.1) is 5.92 Å². The smallest absolute Gasteiger partial charge is 0.317 e. The van der Waals surface area contributed by atoms with E-state index in [1.807, 2.05) is 24.3 Å². The van der Waals surface area contributed by atoms with Crippen LogP contribution >= 0.6 is 25.0 Å². The lowest BCUT2D eigenvalue weighted by Crippen LogP contribution is -2.39. The molecule has 162 valence electrons. The molecule has 0 bridgehead atoms. The molecule has 0 heterocycles. The van der Waals surface area contributed by atoms with E-state index in [9.17, 15) is 9.59 Å². The molecule has 5 nitrogen and oxygen atoms in total. The molecule has 0 saturated carbocycles. The minimum atomic E-state index is -0.980. The Bertz CT molecular complexity index is 735. The number of ether oxygens (including phenoxy) is 2. The second-order valence-electron chi connectivity index (χ2n) is 8.91. The molecule has 1 aromatic rings. The average Bonchev–Trinajstić information content (AvgIpc) is 2.56. The molecular formula is C22H33NO4S2. The Morgan fingerprint density at radius 3 is 2.14 bits per heavy atom. The first kappa shape index (κ1) is 25.4. The van der Waals surface area contributed by atoms with E-state index in [0.717, 1.165) is 24.1 Å². The molecule has 0 fully saturated rings. The van der Waals surface area contributed by atoms with E-state index in [2.05, 4.69) is 19.7 Å². The van der Waals surface area contributed by atoms with Crippen LogP contribution in [0.5, 0.6) is 0 Å². The Labute approximate surface area is 185 Å². The Morgan fingerprint density at radius 2 is 1.62 bits per heavy atom. The molecule has 0 aliphatic rings. The van der Waals surface area contributed by atoms with Gasteiger partial charge in [0.1, 0.15) is 22.1 Å². The third-order valence-corrected chi connectivity index (χ3v) is 4.76. The quantitative estimate of drug-likeness (QED) is 0.353. The molecule has 29 heavy (non-hydrogen) atoms. The largest absolute Gasteiger partial charge is 0.460 e. The van der Waals surface area contributed by atoms with Gasteiger partial charge in [-0.2, -0.15) is 0 Å². The van der Waals surface area contributed by atoms with Crippen molar-refractivity contribution < 1.29 is 19.1 Å². The fourth-order valence-corrected chi connectivity index (χ4v) is 3.27. The molecule has 0 saturated heterocycles. The lowest BCUT2D eigenvalue weighted by molar-refractivity contribution is -0.164. The second kappa shape index (κ2) is 10.4. The molecule has 0 amide bonds. The van der Waals surface area contributed by atoms with Crippen LogP contribution < -0.4 is 4.31 Å². The van der Waals surface area contributed by atoms with E-state index in [1.54, 1.807) is 41.5 Å². The zero-order valence-electron chi connectivity index (χ0n) is 18.4. The minimum absolute atomic E-state index is 0.206. The van der Waals surface area contributed by atoms with E-state index in [4.69, 9.17) is 21.7 Å². The van der Waals surface area contributed by atoms with Crippen LogP contribution in [0.1, 0.15) is 66.9 Å². The number of nitrogens with zero attached hydrogens (tertiary/aromatic N) is 1. The number of thiocarbonyl (C=S) groups is 1. The topological polar surface area (TPSA) is 55.8 Å². The lowest BCUT2D eigenvalue weighted by atomic mass is 10.0. The van der Waals surface area contributed by atoms with Gasteiger partial charge in [-0.15, -0.1) is 0 Å². The monoisotopic (exact) mass is 439 g/mol. The van der Waals surface area contributed by atoms with Crippen molar-refractivity contribution in [1.82, 2.24) is 0 Å². The van der Waals surface area contributed by atoms with E-state index < -0.39 is 29.1 Å². The summed E-state index contributed by atoms with van der Waals surface area (Å²) in [5.74, 6) is -2.06. The van der Waals surface area contributed by atoms with Crippen LogP contribution in [-0.2, 0) is 25.5 Å². The minimum Gasteiger partial charge on any atom is -0.460 e. The number of rotatable bonds is 7. The molecule has 1 unspecified atom stereocenters. The highest BCUT2D eigenvalue weighted by molar-refractivity contribution is 7.87. The van der Waals surface area contributed by atoms with Gasteiger partial charge in [0, 0.05) is 0 Å². The summed E-state index contributed by atoms with van der Waals surface area (Å²) in [6.45, 7) is 12.7.